The number of ether oxygens (including phenoxy) is 1. The maximum absolute atomic E-state index is 12.8. The lowest BCUT2D eigenvalue weighted by Gasteiger charge is -2.36. The molecule has 0 N–H and O–H groups in total. The van der Waals surface area contributed by atoms with E-state index in [9.17, 15) is 4.79 Å². The SMILES string of the molecule is COCCCC1CCCCN1C(=O)c1ccc(Cl)cc1C. The highest BCUT2D eigenvalue weighted by atomic mass is 35.5. The van der Waals surface area contributed by atoms with E-state index in [2.05, 4.69) is 4.90 Å². The number of rotatable bonds is 5. The molecule has 21 heavy (non-hydrogen) atoms. The fourth-order valence-corrected chi connectivity index (χ4v) is 3.28. The Hall–Kier alpha value is -1.06. The van der Waals surface area contributed by atoms with Crippen LogP contribution in [-0.4, -0.2) is 37.1 Å². The van der Waals surface area contributed by atoms with Gasteiger partial charge in [-0.1, -0.05) is 11.6 Å². The smallest absolute Gasteiger partial charge is 0.254 e. The molecule has 1 saturated heterocycles. The summed E-state index contributed by atoms with van der Waals surface area (Å²) in [6.07, 6.45) is 5.43. The molecule has 116 valence electrons. The van der Waals surface area contributed by atoms with Crippen molar-refractivity contribution < 1.29 is 9.53 Å². The van der Waals surface area contributed by atoms with Crippen molar-refractivity contribution >= 4 is 17.5 Å². The average molecular weight is 310 g/mol. The van der Waals surface area contributed by atoms with Crippen LogP contribution in [0.4, 0.5) is 0 Å². The molecule has 0 saturated carbocycles. The number of amides is 1. The van der Waals surface area contributed by atoms with Crippen LogP contribution in [0.5, 0.6) is 0 Å². The third-order valence-electron chi connectivity index (χ3n) is 4.19. The quantitative estimate of drug-likeness (QED) is 0.767. The monoisotopic (exact) mass is 309 g/mol. The third kappa shape index (κ3) is 4.21. The fourth-order valence-electron chi connectivity index (χ4n) is 3.05. The molecule has 1 aliphatic rings. The molecule has 4 heteroatoms. The van der Waals surface area contributed by atoms with Crippen molar-refractivity contribution in [3.8, 4) is 0 Å². The fraction of sp³-hybridized carbons (Fsp3) is 0.588. The van der Waals surface area contributed by atoms with Crippen molar-refractivity contribution in [2.75, 3.05) is 20.3 Å². The van der Waals surface area contributed by atoms with Crippen LogP contribution in [0.25, 0.3) is 0 Å². The van der Waals surface area contributed by atoms with E-state index in [4.69, 9.17) is 16.3 Å². The largest absolute Gasteiger partial charge is 0.385 e. The molecule has 0 aliphatic carbocycles. The molecule has 0 spiro atoms. The van der Waals surface area contributed by atoms with Gasteiger partial charge in [-0.3, -0.25) is 4.79 Å². The lowest BCUT2D eigenvalue weighted by atomic mass is 9.96. The molecule has 1 aliphatic heterocycles. The van der Waals surface area contributed by atoms with E-state index >= 15 is 0 Å². The van der Waals surface area contributed by atoms with E-state index in [0.717, 1.165) is 50.0 Å². The van der Waals surface area contributed by atoms with E-state index in [-0.39, 0.29) is 5.91 Å². The van der Waals surface area contributed by atoms with Gasteiger partial charge in [-0.05, 0) is 62.8 Å². The second-order valence-corrected chi connectivity index (χ2v) is 6.18. The predicted octanol–water partition coefficient (Wildman–Crippen LogP) is 4.07. The van der Waals surface area contributed by atoms with Crippen molar-refractivity contribution in [1.82, 2.24) is 4.90 Å². The Morgan fingerprint density at radius 1 is 1.43 bits per heavy atom. The molecule has 1 amide bonds. The standard InChI is InChI=1S/C17H24ClNO2/c1-13-12-14(18)8-9-16(13)17(20)19-10-4-3-6-15(19)7-5-11-21-2/h8-9,12,15H,3-7,10-11H2,1-2H3. The van der Waals surface area contributed by atoms with Gasteiger partial charge in [-0.15, -0.1) is 0 Å². The third-order valence-corrected chi connectivity index (χ3v) is 4.43. The minimum atomic E-state index is 0.145. The lowest BCUT2D eigenvalue weighted by Crippen LogP contribution is -2.44. The summed E-state index contributed by atoms with van der Waals surface area (Å²) in [6.45, 7) is 3.57. The number of carbonyl (C=O) groups is 1. The number of nitrogens with zero attached hydrogens (tertiary/aromatic N) is 1. The minimum absolute atomic E-state index is 0.145. The molecule has 1 fully saturated rings. The summed E-state index contributed by atoms with van der Waals surface area (Å²) in [6, 6.07) is 5.85. The molecule has 1 heterocycles. The Morgan fingerprint density at radius 2 is 2.24 bits per heavy atom. The van der Waals surface area contributed by atoms with Crippen LogP contribution in [-0.2, 0) is 4.74 Å². The van der Waals surface area contributed by atoms with Gasteiger partial charge in [0.25, 0.3) is 5.91 Å². The van der Waals surface area contributed by atoms with Crippen LogP contribution in [0, 0.1) is 6.92 Å². The molecular formula is C17H24ClNO2. The van der Waals surface area contributed by atoms with E-state index in [0.29, 0.717) is 11.1 Å². The van der Waals surface area contributed by atoms with Gasteiger partial charge in [-0.25, -0.2) is 0 Å². The number of benzene rings is 1. The van der Waals surface area contributed by atoms with E-state index in [1.165, 1.54) is 6.42 Å². The highest BCUT2D eigenvalue weighted by molar-refractivity contribution is 6.30. The van der Waals surface area contributed by atoms with Gasteiger partial charge in [-0.2, -0.15) is 0 Å². The summed E-state index contributed by atoms with van der Waals surface area (Å²) in [5.74, 6) is 0.145. The Labute approximate surface area is 132 Å². The highest BCUT2D eigenvalue weighted by Crippen LogP contribution is 2.25. The average Bonchev–Trinajstić information content (AvgIpc) is 2.47. The first-order valence-corrected chi connectivity index (χ1v) is 8.07. The van der Waals surface area contributed by atoms with Crippen LogP contribution < -0.4 is 0 Å². The molecule has 1 unspecified atom stereocenters. The zero-order valence-electron chi connectivity index (χ0n) is 12.9. The molecule has 0 bridgehead atoms. The van der Waals surface area contributed by atoms with Gasteiger partial charge in [0, 0.05) is 36.9 Å². The Kier molecular flexibility index (Phi) is 6.07. The maximum Gasteiger partial charge on any atom is 0.254 e. The predicted molar refractivity (Wildman–Crippen MR) is 86.0 cm³/mol. The van der Waals surface area contributed by atoms with E-state index in [1.807, 2.05) is 19.1 Å². The van der Waals surface area contributed by atoms with Crippen LogP contribution >= 0.6 is 11.6 Å². The number of methoxy groups -OCH3 is 1. The molecule has 1 aromatic rings. The summed E-state index contributed by atoms with van der Waals surface area (Å²) in [5, 5.41) is 0.680. The second-order valence-electron chi connectivity index (χ2n) is 5.74. The summed E-state index contributed by atoms with van der Waals surface area (Å²) >= 11 is 5.98. The Bertz CT molecular complexity index is 490. The van der Waals surface area contributed by atoms with Crippen LogP contribution in [0.15, 0.2) is 18.2 Å². The number of halogens is 1. The van der Waals surface area contributed by atoms with Crippen molar-refractivity contribution in [3.05, 3.63) is 34.3 Å². The second kappa shape index (κ2) is 7.81. The van der Waals surface area contributed by atoms with Gasteiger partial charge in [0.05, 0.1) is 0 Å². The number of likely N-dealkylation sites (tertiary alicyclic amines) is 1. The summed E-state index contributed by atoms with van der Waals surface area (Å²) in [4.78, 5) is 14.9. The Balaban J connectivity index is 2.10. The van der Waals surface area contributed by atoms with Gasteiger partial charge < -0.3 is 9.64 Å². The number of hydrogen-bond acceptors (Lipinski definition) is 2. The molecule has 0 aromatic heterocycles. The Morgan fingerprint density at radius 3 is 2.95 bits per heavy atom. The van der Waals surface area contributed by atoms with Gasteiger partial charge in [0.1, 0.15) is 0 Å². The number of aryl methyl sites for hydroxylation is 1. The first-order chi connectivity index (χ1) is 10.1. The number of hydrogen-bond donors (Lipinski definition) is 0. The van der Waals surface area contributed by atoms with Crippen molar-refractivity contribution in [2.24, 2.45) is 0 Å². The molecule has 1 atom stereocenters. The number of piperidine rings is 1. The number of carbonyl (C=O) groups excluding carboxylic acids is 1. The van der Waals surface area contributed by atoms with Gasteiger partial charge >= 0.3 is 0 Å². The van der Waals surface area contributed by atoms with Crippen LogP contribution in [0.2, 0.25) is 5.02 Å². The zero-order chi connectivity index (χ0) is 15.2. The maximum atomic E-state index is 12.8. The first-order valence-electron chi connectivity index (χ1n) is 7.69. The molecule has 2 rings (SSSR count). The molecule has 1 aromatic carbocycles. The van der Waals surface area contributed by atoms with E-state index in [1.54, 1.807) is 13.2 Å². The normalized spacial score (nSPS) is 18.8. The lowest BCUT2D eigenvalue weighted by molar-refractivity contribution is 0.0584. The molecule has 3 nitrogen and oxygen atoms in total. The highest BCUT2D eigenvalue weighted by Gasteiger charge is 2.27. The van der Waals surface area contributed by atoms with Crippen molar-refractivity contribution in [2.45, 2.75) is 45.1 Å². The van der Waals surface area contributed by atoms with E-state index < -0.39 is 0 Å². The topological polar surface area (TPSA) is 29.5 Å². The summed E-state index contributed by atoms with van der Waals surface area (Å²) < 4.78 is 5.13. The van der Waals surface area contributed by atoms with Crippen molar-refractivity contribution in [3.63, 3.8) is 0 Å². The molecular weight excluding hydrogens is 286 g/mol. The van der Waals surface area contributed by atoms with Crippen LogP contribution in [0.1, 0.15) is 48.0 Å². The minimum Gasteiger partial charge on any atom is -0.385 e. The van der Waals surface area contributed by atoms with Crippen LogP contribution in [0.3, 0.4) is 0 Å². The zero-order valence-corrected chi connectivity index (χ0v) is 13.7. The molecule has 0 radical (unpaired) electrons. The summed E-state index contributed by atoms with van der Waals surface area (Å²) in [5.41, 5.74) is 1.73. The first kappa shape index (κ1) is 16.3. The van der Waals surface area contributed by atoms with Gasteiger partial charge in [0.15, 0.2) is 0 Å². The van der Waals surface area contributed by atoms with Crippen molar-refractivity contribution in [1.29, 1.82) is 0 Å². The van der Waals surface area contributed by atoms with Gasteiger partial charge in [0.2, 0.25) is 0 Å². The summed E-state index contributed by atoms with van der Waals surface area (Å²) in [7, 11) is 1.72.